The molecule has 4 aromatic rings. The first-order chi connectivity index (χ1) is 16.5. The maximum Gasteiger partial charge on any atom is 0.290 e. The van der Waals surface area contributed by atoms with Gasteiger partial charge < -0.3 is 29.3 Å². The lowest BCUT2D eigenvalue weighted by atomic mass is 9.95. The van der Waals surface area contributed by atoms with Crippen molar-refractivity contribution < 1.29 is 29.0 Å². The number of nitrogens with one attached hydrogen (secondary N) is 1. The number of methoxy groups -OCH3 is 1. The van der Waals surface area contributed by atoms with Gasteiger partial charge in [0.15, 0.2) is 11.5 Å². The van der Waals surface area contributed by atoms with Crippen LogP contribution in [-0.4, -0.2) is 45.4 Å². The molecule has 0 unspecified atom stereocenters. The van der Waals surface area contributed by atoms with Crippen molar-refractivity contribution in [2.24, 2.45) is 0 Å². The first kappa shape index (κ1) is 21.4. The number of phenolic OH excluding ortho intramolecular Hbond substituents is 1. The van der Waals surface area contributed by atoms with Crippen molar-refractivity contribution in [2.75, 3.05) is 13.7 Å². The molecule has 5 rings (SSSR count). The lowest BCUT2D eigenvalue weighted by Crippen LogP contribution is -2.33. The topological polar surface area (TPSA) is 116 Å². The molecular formula is C26H22N2O6. The molecule has 2 aromatic heterocycles. The maximum atomic E-state index is 13.2. The minimum absolute atomic E-state index is 0.0312. The van der Waals surface area contributed by atoms with Crippen molar-refractivity contribution in [2.45, 2.75) is 12.5 Å². The molecule has 0 spiro atoms. The summed E-state index contributed by atoms with van der Waals surface area (Å²) in [6.07, 6.45) is 3.71. The zero-order chi connectivity index (χ0) is 23.8. The molecule has 8 nitrogen and oxygen atoms in total. The van der Waals surface area contributed by atoms with Gasteiger partial charge in [0.25, 0.3) is 5.91 Å². The van der Waals surface area contributed by atoms with Gasteiger partial charge in [-0.1, -0.05) is 12.1 Å². The number of phenols is 1. The molecule has 2 aromatic carbocycles. The highest BCUT2D eigenvalue weighted by molar-refractivity contribution is 6.15. The van der Waals surface area contributed by atoms with Crippen LogP contribution in [0.5, 0.6) is 11.5 Å². The number of aromatic hydroxyl groups is 1. The first-order valence-corrected chi connectivity index (χ1v) is 10.7. The molecule has 0 aliphatic carbocycles. The predicted molar refractivity (Wildman–Crippen MR) is 124 cm³/mol. The van der Waals surface area contributed by atoms with Gasteiger partial charge in [-0.15, -0.1) is 0 Å². The van der Waals surface area contributed by atoms with E-state index in [0.29, 0.717) is 12.0 Å². The number of aliphatic hydroxyl groups is 1. The average Bonchev–Trinajstić information content (AvgIpc) is 3.58. The molecule has 34 heavy (non-hydrogen) atoms. The van der Waals surface area contributed by atoms with E-state index in [4.69, 9.17) is 9.15 Å². The second kappa shape index (κ2) is 8.47. The summed E-state index contributed by atoms with van der Waals surface area (Å²) in [5.41, 5.74) is 2.45. The highest BCUT2D eigenvalue weighted by Gasteiger charge is 2.44. The highest BCUT2D eigenvalue weighted by Crippen LogP contribution is 2.39. The standard InChI is InChI=1S/C26H22N2O6/c1-33-18-8-9-20-19(13-18)16(14-27-20)10-11-28-23(15-4-6-17(29)7-5-15)22(25(31)26(28)32)24(30)21-3-2-12-34-21/h2-9,12-14,23,27,29,31H,10-11H2,1H3/t23-/m0/s1. The number of carbonyl (C=O) groups excluding carboxylic acids is 2. The number of Topliss-reactive ketones (excluding diaryl/α,β-unsaturated/α-hetero) is 1. The Hall–Kier alpha value is -4.46. The summed E-state index contributed by atoms with van der Waals surface area (Å²) in [7, 11) is 1.60. The van der Waals surface area contributed by atoms with E-state index in [1.807, 2.05) is 24.4 Å². The van der Waals surface area contributed by atoms with Gasteiger partial charge in [0.1, 0.15) is 11.5 Å². The van der Waals surface area contributed by atoms with E-state index in [1.54, 1.807) is 25.3 Å². The largest absolute Gasteiger partial charge is 0.508 e. The van der Waals surface area contributed by atoms with Crippen molar-refractivity contribution in [1.82, 2.24) is 9.88 Å². The number of ketones is 1. The fourth-order valence-corrected chi connectivity index (χ4v) is 4.39. The minimum atomic E-state index is -0.828. The van der Waals surface area contributed by atoms with Crippen molar-refractivity contribution in [3.63, 3.8) is 0 Å². The monoisotopic (exact) mass is 458 g/mol. The zero-order valence-corrected chi connectivity index (χ0v) is 18.3. The van der Waals surface area contributed by atoms with Crippen LogP contribution in [0.15, 0.2) is 82.8 Å². The number of aromatic amines is 1. The molecular weight excluding hydrogens is 436 g/mol. The van der Waals surface area contributed by atoms with Crippen LogP contribution >= 0.6 is 0 Å². The molecule has 8 heteroatoms. The van der Waals surface area contributed by atoms with Crippen LogP contribution in [0, 0.1) is 0 Å². The lowest BCUT2D eigenvalue weighted by molar-refractivity contribution is -0.129. The van der Waals surface area contributed by atoms with Crippen molar-refractivity contribution in [1.29, 1.82) is 0 Å². The third-order valence-electron chi connectivity index (χ3n) is 6.10. The second-order valence-electron chi connectivity index (χ2n) is 8.04. The SMILES string of the molecule is COc1ccc2[nH]cc(CCN3C(=O)C(O)=C(C(=O)c4ccco4)[C@@H]3c3ccc(O)cc3)c2c1. The van der Waals surface area contributed by atoms with E-state index in [-0.39, 0.29) is 23.6 Å². The highest BCUT2D eigenvalue weighted by atomic mass is 16.5. The zero-order valence-electron chi connectivity index (χ0n) is 18.3. The van der Waals surface area contributed by atoms with Gasteiger partial charge in [-0.25, -0.2) is 0 Å². The van der Waals surface area contributed by atoms with Gasteiger partial charge in [0.05, 0.1) is 25.0 Å². The van der Waals surface area contributed by atoms with E-state index in [9.17, 15) is 19.8 Å². The van der Waals surface area contributed by atoms with E-state index in [2.05, 4.69) is 4.98 Å². The van der Waals surface area contributed by atoms with Gasteiger partial charge in [-0.05, 0) is 60.0 Å². The Labute approximate surface area is 194 Å². The number of carbonyl (C=O) groups is 2. The molecule has 1 aliphatic heterocycles. The summed E-state index contributed by atoms with van der Waals surface area (Å²) < 4.78 is 10.6. The number of hydrogen-bond donors (Lipinski definition) is 3. The fraction of sp³-hybridized carbons (Fsp3) is 0.154. The van der Waals surface area contributed by atoms with Crippen LogP contribution in [0.1, 0.15) is 27.7 Å². The Morgan fingerprint density at radius 1 is 1.15 bits per heavy atom. The van der Waals surface area contributed by atoms with Crippen LogP contribution < -0.4 is 4.74 Å². The molecule has 1 amide bonds. The Balaban J connectivity index is 1.50. The van der Waals surface area contributed by atoms with Gasteiger partial charge >= 0.3 is 0 Å². The summed E-state index contributed by atoms with van der Waals surface area (Å²) in [6, 6.07) is 14.2. The van der Waals surface area contributed by atoms with Crippen LogP contribution in [0.3, 0.4) is 0 Å². The van der Waals surface area contributed by atoms with E-state index < -0.39 is 23.5 Å². The van der Waals surface area contributed by atoms with Crippen LogP contribution in [0.4, 0.5) is 0 Å². The van der Waals surface area contributed by atoms with Gasteiger partial charge in [-0.3, -0.25) is 9.59 Å². The number of nitrogens with zero attached hydrogens (tertiary/aromatic N) is 1. The third-order valence-corrected chi connectivity index (χ3v) is 6.10. The number of hydrogen-bond acceptors (Lipinski definition) is 6. The summed E-state index contributed by atoms with van der Waals surface area (Å²) in [5, 5.41) is 21.4. The molecule has 0 saturated heterocycles. The summed E-state index contributed by atoms with van der Waals surface area (Å²) >= 11 is 0. The lowest BCUT2D eigenvalue weighted by Gasteiger charge is -2.26. The quantitative estimate of drug-likeness (QED) is 0.356. The molecule has 3 N–H and O–H groups in total. The Kier molecular flexibility index (Phi) is 5.33. The minimum Gasteiger partial charge on any atom is -0.508 e. The number of H-pyrrole nitrogens is 1. The molecule has 0 radical (unpaired) electrons. The normalized spacial score (nSPS) is 16.0. The van der Waals surface area contributed by atoms with E-state index in [0.717, 1.165) is 22.2 Å². The maximum absolute atomic E-state index is 13.2. The van der Waals surface area contributed by atoms with E-state index in [1.165, 1.54) is 29.4 Å². The molecule has 1 atom stereocenters. The van der Waals surface area contributed by atoms with Crippen LogP contribution in [-0.2, 0) is 11.2 Å². The van der Waals surface area contributed by atoms with Crippen LogP contribution in [0.2, 0.25) is 0 Å². The van der Waals surface area contributed by atoms with Crippen molar-refractivity contribution >= 4 is 22.6 Å². The third kappa shape index (κ3) is 3.59. The average molecular weight is 458 g/mol. The smallest absolute Gasteiger partial charge is 0.290 e. The van der Waals surface area contributed by atoms with Gasteiger partial charge in [0.2, 0.25) is 5.78 Å². The fourth-order valence-electron chi connectivity index (χ4n) is 4.39. The number of benzene rings is 2. The van der Waals surface area contributed by atoms with E-state index >= 15 is 0 Å². The number of aliphatic hydroxyl groups excluding tert-OH is 1. The number of aromatic nitrogens is 1. The molecule has 172 valence electrons. The summed E-state index contributed by atoms with van der Waals surface area (Å²) in [4.78, 5) is 31.0. The Morgan fingerprint density at radius 3 is 2.65 bits per heavy atom. The molecule has 3 heterocycles. The summed E-state index contributed by atoms with van der Waals surface area (Å²) in [6.45, 7) is 0.244. The number of furan rings is 1. The number of rotatable bonds is 7. The van der Waals surface area contributed by atoms with Gasteiger partial charge in [-0.2, -0.15) is 0 Å². The predicted octanol–water partition coefficient (Wildman–Crippen LogP) is 4.30. The van der Waals surface area contributed by atoms with Crippen molar-refractivity contribution in [3.05, 3.63) is 95.3 Å². The van der Waals surface area contributed by atoms with Crippen molar-refractivity contribution in [3.8, 4) is 11.5 Å². The Bertz CT molecular complexity index is 1400. The number of fused-ring (bicyclic) bond motifs is 1. The molecule has 0 bridgehead atoms. The van der Waals surface area contributed by atoms with Crippen LogP contribution in [0.25, 0.3) is 10.9 Å². The second-order valence-corrected chi connectivity index (χ2v) is 8.04. The molecule has 1 aliphatic rings. The Morgan fingerprint density at radius 2 is 1.94 bits per heavy atom. The number of ether oxygens (including phenoxy) is 1. The first-order valence-electron chi connectivity index (χ1n) is 10.7. The summed E-state index contributed by atoms with van der Waals surface area (Å²) in [5.74, 6) is -0.986. The van der Waals surface area contributed by atoms with Gasteiger partial charge in [0, 0.05) is 23.6 Å². The molecule has 0 fully saturated rings. The molecule has 0 saturated carbocycles. The number of amides is 1.